The molecular weight excluding hydrogens is 416 g/mol. The molecule has 0 aliphatic heterocycles. The molecule has 0 bridgehead atoms. The van der Waals surface area contributed by atoms with Crippen molar-refractivity contribution in [3.8, 4) is 11.1 Å². The van der Waals surface area contributed by atoms with Crippen LogP contribution >= 0.6 is 0 Å². The van der Waals surface area contributed by atoms with Gasteiger partial charge in [-0.15, -0.1) is 0 Å². The van der Waals surface area contributed by atoms with Gasteiger partial charge in [-0.3, -0.25) is 14.5 Å². The molecule has 0 radical (unpaired) electrons. The summed E-state index contributed by atoms with van der Waals surface area (Å²) in [4.78, 5) is 25.5. The van der Waals surface area contributed by atoms with E-state index in [0.29, 0.717) is 25.1 Å². The number of ether oxygens (including phenoxy) is 1. The first-order chi connectivity index (χ1) is 16.1. The summed E-state index contributed by atoms with van der Waals surface area (Å²) in [7, 11) is 1.68. The topological polar surface area (TPSA) is 94.8 Å². The second-order valence-corrected chi connectivity index (χ2v) is 7.78. The molecule has 0 saturated carbocycles. The van der Waals surface area contributed by atoms with Crippen LogP contribution in [0, 0.1) is 6.92 Å². The highest BCUT2D eigenvalue weighted by Gasteiger charge is 2.07. The number of hydrogen-bond donors (Lipinski definition) is 1. The summed E-state index contributed by atoms with van der Waals surface area (Å²) >= 11 is 0. The normalized spacial score (nSPS) is 10.8. The van der Waals surface area contributed by atoms with Crippen LogP contribution in [0.1, 0.15) is 22.6 Å². The second-order valence-electron chi connectivity index (χ2n) is 7.78. The molecule has 3 aromatic heterocycles. The fraction of sp³-hybridized carbons (Fsp3) is 0.240. The maximum atomic E-state index is 12.3. The highest BCUT2D eigenvalue weighted by molar-refractivity contribution is 5.92. The van der Waals surface area contributed by atoms with Crippen LogP contribution in [0.4, 0.5) is 5.69 Å². The van der Waals surface area contributed by atoms with E-state index >= 15 is 0 Å². The van der Waals surface area contributed by atoms with Crippen molar-refractivity contribution in [2.45, 2.75) is 26.3 Å². The van der Waals surface area contributed by atoms with Gasteiger partial charge in [0.1, 0.15) is 5.82 Å². The molecule has 0 aliphatic carbocycles. The maximum absolute atomic E-state index is 12.3. The molecule has 0 spiro atoms. The van der Waals surface area contributed by atoms with Gasteiger partial charge in [0.05, 0.1) is 37.7 Å². The summed E-state index contributed by atoms with van der Waals surface area (Å²) in [6.07, 6.45) is 10.0. The van der Waals surface area contributed by atoms with E-state index in [1.165, 1.54) is 0 Å². The Morgan fingerprint density at radius 3 is 2.42 bits per heavy atom. The number of carbonyl (C=O) groups is 1. The average molecular weight is 443 g/mol. The van der Waals surface area contributed by atoms with Gasteiger partial charge < -0.3 is 10.1 Å². The monoisotopic (exact) mass is 442 g/mol. The molecule has 1 aromatic carbocycles. The van der Waals surface area contributed by atoms with Crippen LogP contribution in [-0.2, 0) is 28.9 Å². The van der Waals surface area contributed by atoms with Gasteiger partial charge in [0.2, 0.25) is 5.91 Å². The third kappa shape index (κ3) is 6.30. The van der Waals surface area contributed by atoms with Gasteiger partial charge in [-0.05, 0) is 35.7 Å². The molecular formula is C25H26N6O2. The first kappa shape index (κ1) is 22.3. The Hall–Kier alpha value is -3.91. The van der Waals surface area contributed by atoms with Crippen LogP contribution in [0.25, 0.3) is 11.1 Å². The van der Waals surface area contributed by atoms with Gasteiger partial charge in [-0.1, -0.05) is 24.3 Å². The van der Waals surface area contributed by atoms with Crippen LogP contribution in [0.3, 0.4) is 0 Å². The summed E-state index contributed by atoms with van der Waals surface area (Å²) in [6, 6.07) is 11.6. The summed E-state index contributed by atoms with van der Waals surface area (Å²) in [5, 5.41) is 7.19. The van der Waals surface area contributed by atoms with Crippen LogP contribution in [0.15, 0.2) is 67.4 Å². The highest BCUT2D eigenvalue weighted by Crippen LogP contribution is 2.19. The maximum Gasteiger partial charge on any atom is 0.228 e. The van der Waals surface area contributed by atoms with Crippen molar-refractivity contribution in [3.05, 3.63) is 90.0 Å². The molecule has 0 fully saturated rings. The summed E-state index contributed by atoms with van der Waals surface area (Å²) in [5.74, 6) is 0.663. The van der Waals surface area contributed by atoms with Crippen molar-refractivity contribution in [2.24, 2.45) is 0 Å². The third-order valence-electron chi connectivity index (χ3n) is 5.13. The first-order valence-corrected chi connectivity index (χ1v) is 10.7. The molecule has 8 nitrogen and oxygen atoms in total. The summed E-state index contributed by atoms with van der Waals surface area (Å²) in [6.45, 7) is 3.25. The van der Waals surface area contributed by atoms with Crippen molar-refractivity contribution >= 4 is 11.6 Å². The number of aromatic nitrogens is 5. The lowest BCUT2D eigenvalue weighted by molar-refractivity contribution is -0.115. The second kappa shape index (κ2) is 10.6. The summed E-state index contributed by atoms with van der Waals surface area (Å²) in [5.41, 5.74) is 5.52. The smallest absolute Gasteiger partial charge is 0.228 e. The van der Waals surface area contributed by atoms with E-state index in [-0.39, 0.29) is 5.91 Å². The largest absolute Gasteiger partial charge is 0.383 e. The van der Waals surface area contributed by atoms with E-state index in [1.54, 1.807) is 13.3 Å². The minimum atomic E-state index is -0.0772. The predicted octanol–water partition coefficient (Wildman–Crippen LogP) is 3.46. The number of hydrogen-bond acceptors (Lipinski definition) is 6. The summed E-state index contributed by atoms with van der Waals surface area (Å²) < 4.78 is 6.93. The lowest BCUT2D eigenvalue weighted by Crippen LogP contribution is -2.14. The minimum Gasteiger partial charge on any atom is -0.383 e. The first-order valence-electron chi connectivity index (χ1n) is 10.7. The molecule has 1 N–H and O–H groups in total. The number of nitrogens with zero attached hydrogens (tertiary/aromatic N) is 5. The zero-order valence-corrected chi connectivity index (χ0v) is 18.7. The molecule has 168 valence electrons. The predicted molar refractivity (Wildman–Crippen MR) is 126 cm³/mol. The van der Waals surface area contributed by atoms with E-state index in [4.69, 9.17) is 4.74 Å². The van der Waals surface area contributed by atoms with Crippen LogP contribution in [-0.4, -0.2) is 44.4 Å². The number of pyridine rings is 1. The molecule has 0 saturated heterocycles. The Kier molecular flexibility index (Phi) is 7.16. The van der Waals surface area contributed by atoms with Crippen molar-refractivity contribution < 1.29 is 9.53 Å². The number of amides is 1. The Labute approximate surface area is 192 Å². The van der Waals surface area contributed by atoms with Crippen molar-refractivity contribution in [3.63, 3.8) is 0 Å². The van der Waals surface area contributed by atoms with Gasteiger partial charge in [-0.25, -0.2) is 9.97 Å². The van der Waals surface area contributed by atoms with Gasteiger partial charge in [-0.2, -0.15) is 5.10 Å². The standard InChI is InChI=1S/C25H26N6O2/c1-18-3-8-23(16-26-18)30-25(32)12-19-4-6-21(7-5-19)22-14-27-24(28-15-22)11-20-13-29-31(17-20)9-10-33-2/h3-8,13-17H,9-12H2,1-2H3,(H,30,32). The van der Waals surface area contributed by atoms with Crippen molar-refractivity contribution in [1.29, 1.82) is 0 Å². The lowest BCUT2D eigenvalue weighted by Gasteiger charge is -2.07. The van der Waals surface area contributed by atoms with Crippen molar-refractivity contribution in [2.75, 3.05) is 19.0 Å². The van der Waals surface area contributed by atoms with E-state index in [0.717, 1.165) is 40.3 Å². The fourth-order valence-corrected chi connectivity index (χ4v) is 3.33. The highest BCUT2D eigenvalue weighted by atomic mass is 16.5. The van der Waals surface area contributed by atoms with Gasteiger partial charge >= 0.3 is 0 Å². The number of aryl methyl sites for hydroxylation is 1. The third-order valence-corrected chi connectivity index (χ3v) is 5.13. The van der Waals surface area contributed by atoms with Gasteiger partial charge in [0, 0.05) is 43.4 Å². The van der Waals surface area contributed by atoms with E-state index in [2.05, 4.69) is 25.4 Å². The van der Waals surface area contributed by atoms with Gasteiger partial charge in [0.15, 0.2) is 0 Å². The minimum absolute atomic E-state index is 0.0772. The lowest BCUT2D eigenvalue weighted by atomic mass is 10.0. The van der Waals surface area contributed by atoms with Gasteiger partial charge in [0.25, 0.3) is 0 Å². The SMILES string of the molecule is COCCn1cc(Cc2ncc(-c3ccc(CC(=O)Nc4ccc(C)nc4)cc3)cn2)cn1. The van der Waals surface area contributed by atoms with Crippen LogP contribution in [0.2, 0.25) is 0 Å². The zero-order chi connectivity index (χ0) is 23.0. The number of carbonyl (C=O) groups excluding carboxylic acids is 1. The average Bonchev–Trinajstić information content (AvgIpc) is 3.27. The van der Waals surface area contributed by atoms with E-state index in [1.807, 2.05) is 72.8 Å². The molecule has 33 heavy (non-hydrogen) atoms. The molecule has 0 atom stereocenters. The number of methoxy groups -OCH3 is 1. The number of nitrogens with one attached hydrogen (secondary N) is 1. The van der Waals surface area contributed by atoms with Crippen LogP contribution in [0.5, 0.6) is 0 Å². The number of rotatable bonds is 9. The Morgan fingerprint density at radius 1 is 0.939 bits per heavy atom. The Bertz CT molecular complexity index is 1190. The molecule has 1 amide bonds. The fourth-order valence-electron chi connectivity index (χ4n) is 3.33. The Morgan fingerprint density at radius 2 is 1.73 bits per heavy atom. The zero-order valence-electron chi connectivity index (χ0n) is 18.7. The quantitative estimate of drug-likeness (QED) is 0.427. The van der Waals surface area contributed by atoms with E-state index < -0.39 is 0 Å². The van der Waals surface area contributed by atoms with Crippen molar-refractivity contribution in [1.82, 2.24) is 24.7 Å². The van der Waals surface area contributed by atoms with Crippen LogP contribution < -0.4 is 5.32 Å². The molecule has 4 rings (SSSR count). The molecule has 0 aliphatic rings. The molecule has 0 unspecified atom stereocenters. The number of anilines is 1. The Balaban J connectivity index is 1.33. The van der Waals surface area contributed by atoms with E-state index in [9.17, 15) is 4.79 Å². The molecule has 3 heterocycles. The molecule has 4 aromatic rings. The molecule has 8 heteroatoms. The number of benzene rings is 1.